The molecule has 0 fully saturated rings. The molecule has 31 heavy (non-hydrogen) atoms. The summed E-state index contributed by atoms with van der Waals surface area (Å²) in [6, 6.07) is 11.8. The molecule has 9 nitrogen and oxygen atoms in total. The Hall–Kier alpha value is -3.27. The van der Waals surface area contributed by atoms with Gasteiger partial charge in [-0.25, -0.2) is 13.8 Å². The second-order valence-corrected chi connectivity index (χ2v) is 8.43. The van der Waals surface area contributed by atoms with E-state index in [2.05, 4.69) is 10.5 Å². The van der Waals surface area contributed by atoms with Crippen LogP contribution in [0.4, 0.5) is 5.69 Å². The quantitative estimate of drug-likeness (QED) is 0.417. The number of rotatable bonds is 11. The number of hydrogen-bond acceptors (Lipinski definition) is 7. The Morgan fingerprint density at radius 1 is 1.10 bits per heavy atom. The van der Waals surface area contributed by atoms with Crippen LogP contribution >= 0.6 is 0 Å². The van der Waals surface area contributed by atoms with Gasteiger partial charge >= 0.3 is 0 Å². The highest BCUT2D eigenvalue weighted by molar-refractivity contribution is 7.92. The first-order chi connectivity index (χ1) is 14.8. The summed E-state index contributed by atoms with van der Waals surface area (Å²) in [5.41, 5.74) is 3.36. The van der Waals surface area contributed by atoms with E-state index in [9.17, 15) is 13.2 Å². The SMILES string of the molecule is CCCOc1ccc(/C=N\NC(=O)CN(c2ccc(OC)c(OC)c2)S(C)(=O)=O)cc1. The van der Waals surface area contributed by atoms with E-state index in [0.717, 1.165) is 28.3 Å². The fraction of sp³-hybridized carbons (Fsp3) is 0.333. The monoisotopic (exact) mass is 449 g/mol. The lowest BCUT2D eigenvalue weighted by Gasteiger charge is -2.22. The molecule has 0 spiro atoms. The number of nitrogens with zero attached hydrogens (tertiary/aromatic N) is 2. The van der Waals surface area contributed by atoms with Crippen molar-refractivity contribution in [1.82, 2.24) is 5.43 Å². The van der Waals surface area contributed by atoms with E-state index in [1.165, 1.54) is 32.6 Å². The summed E-state index contributed by atoms with van der Waals surface area (Å²) in [4.78, 5) is 12.3. The number of carbonyl (C=O) groups is 1. The van der Waals surface area contributed by atoms with Gasteiger partial charge in [-0.05, 0) is 48.4 Å². The third kappa shape index (κ3) is 7.18. The molecule has 0 atom stereocenters. The summed E-state index contributed by atoms with van der Waals surface area (Å²) in [7, 11) is -0.821. The van der Waals surface area contributed by atoms with Crippen LogP contribution < -0.4 is 23.9 Å². The predicted octanol–water partition coefficient (Wildman–Crippen LogP) is 2.41. The number of nitrogens with one attached hydrogen (secondary N) is 1. The number of anilines is 1. The fourth-order valence-corrected chi connectivity index (χ4v) is 3.44. The number of benzene rings is 2. The van der Waals surface area contributed by atoms with Gasteiger partial charge in [-0.3, -0.25) is 9.10 Å². The maximum absolute atomic E-state index is 12.3. The highest BCUT2D eigenvalue weighted by atomic mass is 32.2. The predicted molar refractivity (Wildman–Crippen MR) is 120 cm³/mol. The molecule has 0 aromatic heterocycles. The van der Waals surface area contributed by atoms with Gasteiger partial charge in [-0.1, -0.05) is 6.92 Å². The van der Waals surface area contributed by atoms with Crippen molar-refractivity contribution in [2.45, 2.75) is 13.3 Å². The van der Waals surface area contributed by atoms with Crippen LogP contribution in [-0.4, -0.2) is 54.2 Å². The normalized spacial score (nSPS) is 11.2. The van der Waals surface area contributed by atoms with E-state index in [-0.39, 0.29) is 5.69 Å². The van der Waals surface area contributed by atoms with E-state index in [1.807, 2.05) is 6.92 Å². The molecule has 0 saturated carbocycles. The first-order valence-corrected chi connectivity index (χ1v) is 11.4. The maximum Gasteiger partial charge on any atom is 0.260 e. The largest absolute Gasteiger partial charge is 0.494 e. The average Bonchev–Trinajstić information content (AvgIpc) is 2.75. The van der Waals surface area contributed by atoms with Crippen LogP contribution in [0.5, 0.6) is 17.2 Å². The Bertz CT molecular complexity index is 1010. The zero-order valence-electron chi connectivity index (χ0n) is 18.0. The van der Waals surface area contributed by atoms with Gasteiger partial charge in [0.05, 0.1) is 39.0 Å². The van der Waals surface area contributed by atoms with Crippen LogP contribution in [0.1, 0.15) is 18.9 Å². The minimum atomic E-state index is -3.74. The van der Waals surface area contributed by atoms with E-state index in [0.29, 0.717) is 18.1 Å². The van der Waals surface area contributed by atoms with Crippen molar-refractivity contribution in [3.63, 3.8) is 0 Å². The molecule has 2 aromatic rings. The van der Waals surface area contributed by atoms with Crippen molar-refractivity contribution < 1.29 is 27.4 Å². The minimum absolute atomic E-state index is 0.266. The minimum Gasteiger partial charge on any atom is -0.494 e. The standard InChI is InChI=1S/C21H27N3O6S/c1-5-12-30-18-9-6-16(7-10-18)14-22-23-21(25)15-24(31(4,26)27)17-8-11-19(28-2)20(13-17)29-3/h6-11,13-14H,5,12,15H2,1-4H3,(H,23,25)/b22-14-. The smallest absolute Gasteiger partial charge is 0.260 e. The second kappa shape index (κ2) is 11.2. The topological polar surface area (TPSA) is 107 Å². The third-order valence-electron chi connectivity index (χ3n) is 4.10. The molecule has 1 amide bonds. The van der Waals surface area contributed by atoms with Crippen LogP contribution in [-0.2, 0) is 14.8 Å². The first-order valence-electron chi connectivity index (χ1n) is 9.53. The summed E-state index contributed by atoms with van der Waals surface area (Å²) in [6.45, 7) is 2.22. The lowest BCUT2D eigenvalue weighted by Crippen LogP contribution is -2.39. The van der Waals surface area contributed by atoms with Gasteiger partial charge in [0.2, 0.25) is 10.0 Å². The Balaban J connectivity index is 2.06. The van der Waals surface area contributed by atoms with Crippen molar-refractivity contribution >= 4 is 27.8 Å². The van der Waals surface area contributed by atoms with E-state index < -0.39 is 22.5 Å². The van der Waals surface area contributed by atoms with Crippen molar-refractivity contribution in [3.05, 3.63) is 48.0 Å². The molecule has 10 heteroatoms. The summed E-state index contributed by atoms with van der Waals surface area (Å²) in [5, 5.41) is 3.89. The van der Waals surface area contributed by atoms with E-state index >= 15 is 0 Å². The first kappa shape index (κ1) is 24.0. The van der Waals surface area contributed by atoms with Gasteiger partial charge < -0.3 is 14.2 Å². The van der Waals surface area contributed by atoms with Crippen molar-refractivity contribution in [1.29, 1.82) is 0 Å². The molecule has 0 unspecified atom stereocenters. The molecule has 0 bridgehead atoms. The molecule has 0 aliphatic carbocycles. The molecule has 2 rings (SSSR count). The lowest BCUT2D eigenvalue weighted by atomic mass is 10.2. The summed E-state index contributed by atoms with van der Waals surface area (Å²) < 4.78 is 41.3. The second-order valence-electron chi connectivity index (χ2n) is 6.52. The zero-order valence-corrected chi connectivity index (χ0v) is 18.8. The number of ether oxygens (including phenoxy) is 3. The summed E-state index contributed by atoms with van der Waals surface area (Å²) in [6.07, 6.45) is 3.40. The molecule has 2 aromatic carbocycles. The number of carbonyl (C=O) groups excluding carboxylic acids is 1. The molecule has 0 saturated heterocycles. The van der Waals surface area contributed by atoms with Gasteiger partial charge in [-0.15, -0.1) is 0 Å². The van der Waals surface area contributed by atoms with Crippen LogP contribution in [0.15, 0.2) is 47.6 Å². The molecule has 0 radical (unpaired) electrons. The summed E-state index contributed by atoms with van der Waals surface area (Å²) >= 11 is 0. The van der Waals surface area contributed by atoms with E-state index in [4.69, 9.17) is 14.2 Å². The van der Waals surface area contributed by atoms with Gasteiger partial charge in [0.25, 0.3) is 5.91 Å². The van der Waals surface area contributed by atoms with E-state index in [1.54, 1.807) is 30.3 Å². The van der Waals surface area contributed by atoms with Crippen LogP contribution in [0.2, 0.25) is 0 Å². The van der Waals surface area contributed by atoms with Gasteiger partial charge in [-0.2, -0.15) is 5.10 Å². The highest BCUT2D eigenvalue weighted by Gasteiger charge is 2.22. The molecular formula is C21H27N3O6S. The number of methoxy groups -OCH3 is 2. The highest BCUT2D eigenvalue weighted by Crippen LogP contribution is 2.32. The average molecular weight is 450 g/mol. The van der Waals surface area contributed by atoms with Gasteiger partial charge in [0.1, 0.15) is 12.3 Å². The van der Waals surface area contributed by atoms with Crippen LogP contribution in [0, 0.1) is 0 Å². The molecule has 0 aliphatic rings. The molecule has 168 valence electrons. The fourth-order valence-electron chi connectivity index (χ4n) is 2.59. The maximum atomic E-state index is 12.3. The molecule has 0 aliphatic heterocycles. The zero-order chi connectivity index (χ0) is 22.9. The molecule has 1 N–H and O–H groups in total. The third-order valence-corrected chi connectivity index (χ3v) is 5.24. The number of hydrazone groups is 1. The van der Waals surface area contributed by atoms with Crippen molar-refractivity contribution in [3.8, 4) is 17.2 Å². The lowest BCUT2D eigenvalue weighted by molar-refractivity contribution is -0.119. The molecular weight excluding hydrogens is 422 g/mol. The Kier molecular flexibility index (Phi) is 8.68. The molecule has 0 heterocycles. The van der Waals surface area contributed by atoms with Crippen LogP contribution in [0.25, 0.3) is 0 Å². The van der Waals surface area contributed by atoms with Gasteiger partial charge in [0.15, 0.2) is 11.5 Å². The van der Waals surface area contributed by atoms with Crippen LogP contribution in [0.3, 0.4) is 0 Å². The number of hydrogen-bond donors (Lipinski definition) is 1. The Morgan fingerprint density at radius 3 is 2.35 bits per heavy atom. The van der Waals surface area contributed by atoms with Crippen molar-refractivity contribution in [2.24, 2.45) is 5.10 Å². The number of amides is 1. The van der Waals surface area contributed by atoms with Crippen molar-refractivity contribution in [2.75, 3.05) is 37.9 Å². The Labute approximate surface area is 182 Å². The number of sulfonamides is 1. The van der Waals surface area contributed by atoms with Gasteiger partial charge in [0, 0.05) is 6.07 Å². The Morgan fingerprint density at radius 2 is 1.77 bits per heavy atom. The summed E-state index contributed by atoms with van der Waals surface area (Å²) in [5.74, 6) is 0.944.